The lowest BCUT2D eigenvalue weighted by atomic mass is 10.2. The molecular formula is C15H11ClN4OS. The van der Waals surface area contributed by atoms with E-state index in [9.17, 15) is 4.79 Å². The molecule has 5 nitrogen and oxygen atoms in total. The minimum absolute atomic E-state index is 0.289. The molecule has 0 radical (unpaired) electrons. The molecule has 0 aliphatic rings. The minimum Gasteiger partial charge on any atom is -0.276 e. The van der Waals surface area contributed by atoms with E-state index in [1.165, 1.54) is 0 Å². The van der Waals surface area contributed by atoms with Crippen LogP contribution in [0.2, 0.25) is 5.02 Å². The molecule has 0 aliphatic heterocycles. The largest absolute Gasteiger partial charge is 0.291 e. The molecule has 3 rings (SSSR count). The number of rotatable bonds is 4. The number of nitrogens with one attached hydrogen (secondary N) is 2. The molecule has 0 saturated carbocycles. The van der Waals surface area contributed by atoms with E-state index in [1.54, 1.807) is 47.9 Å². The Bertz CT molecular complexity index is 793. The van der Waals surface area contributed by atoms with Crippen molar-refractivity contribution >= 4 is 35.1 Å². The van der Waals surface area contributed by atoms with Gasteiger partial charge >= 0.3 is 0 Å². The van der Waals surface area contributed by atoms with E-state index in [0.717, 1.165) is 16.1 Å². The van der Waals surface area contributed by atoms with Crippen molar-refractivity contribution in [2.45, 2.75) is 0 Å². The molecule has 1 amide bonds. The van der Waals surface area contributed by atoms with Gasteiger partial charge in [0.15, 0.2) is 5.69 Å². The fourth-order valence-corrected chi connectivity index (χ4v) is 2.59. The van der Waals surface area contributed by atoms with Crippen LogP contribution in [0.1, 0.15) is 16.1 Å². The van der Waals surface area contributed by atoms with Crippen LogP contribution >= 0.6 is 22.9 Å². The lowest BCUT2D eigenvalue weighted by molar-refractivity contribution is 0.0950. The molecule has 0 bridgehead atoms. The first-order valence-corrected chi connectivity index (χ1v) is 7.66. The fraction of sp³-hybridized carbons (Fsp3) is 0. The van der Waals surface area contributed by atoms with Gasteiger partial charge < -0.3 is 0 Å². The van der Waals surface area contributed by atoms with Crippen molar-refractivity contribution in [3.63, 3.8) is 0 Å². The summed E-state index contributed by atoms with van der Waals surface area (Å²) in [6.45, 7) is 0. The van der Waals surface area contributed by atoms with E-state index in [0.29, 0.717) is 5.02 Å². The number of nitrogens with zero attached hydrogens (tertiary/aromatic N) is 2. The summed E-state index contributed by atoms with van der Waals surface area (Å²) in [7, 11) is 0. The van der Waals surface area contributed by atoms with Crippen LogP contribution in [0.3, 0.4) is 0 Å². The first kappa shape index (κ1) is 14.5. The number of thiophene rings is 1. The van der Waals surface area contributed by atoms with E-state index in [1.807, 2.05) is 17.5 Å². The number of carbonyl (C=O) groups is 1. The Labute approximate surface area is 135 Å². The smallest absolute Gasteiger partial charge is 0.276 e. The van der Waals surface area contributed by atoms with Crippen LogP contribution in [0.5, 0.6) is 0 Å². The third kappa shape index (κ3) is 3.41. The molecule has 110 valence electrons. The van der Waals surface area contributed by atoms with Gasteiger partial charge in [0.1, 0.15) is 0 Å². The van der Waals surface area contributed by atoms with Gasteiger partial charge in [-0.2, -0.15) is 10.2 Å². The molecule has 2 N–H and O–H groups in total. The van der Waals surface area contributed by atoms with Crippen molar-refractivity contribution in [3.8, 4) is 10.6 Å². The van der Waals surface area contributed by atoms with Crippen molar-refractivity contribution < 1.29 is 4.79 Å². The number of aromatic nitrogens is 2. The maximum absolute atomic E-state index is 11.9. The average Bonchev–Trinajstić information content (AvgIpc) is 3.20. The summed E-state index contributed by atoms with van der Waals surface area (Å²) >= 11 is 7.37. The van der Waals surface area contributed by atoms with Crippen LogP contribution in [0.25, 0.3) is 10.6 Å². The zero-order chi connectivity index (χ0) is 15.4. The first-order valence-electron chi connectivity index (χ1n) is 6.40. The van der Waals surface area contributed by atoms with Crippen LogP contribution in [-0.2, 0) is 0 Å². The zero-order valence-corrected chi connectivity index (χ0v) is 12.9. The summed E-state index contributed by atoms with van der Waals surface area (Å²) in [5, 5.41) is 13.3. The standard InChI is InChI=1S/C15H11ClN4OS/c16-11-5-3-10(4-6-11)9-17-20-15(21)13-8-12(18-19-13)14-2-1-7-22-14/h1-9H,(H,18,19)(H,20,21)/b17-9-. The third-order valence-corrected chi connectivity index (χ3v) is 4.00. The van der Waals surface area contributed by atoms with Gasteiger partial charge in [-0.25, -0.2) is 5.43 Å². The molecular weight excluding hydrogens is 320 g/mol. The summed E-state index contributed by atoms with van der Waals surface area (Å²) in [6.07, 6.45) is 1.54. The van der Waals surface area contributed by atoms with E-state index >= 15 is 0 Å². The number of carbonyl (C=O) groups excluding carboxylic acids is 1. The van der Waals surface area contributed by atoms with Crippen molar-refractivity contribution in [2.75, 3.05) is 0 Å². The molecule has 0 spiro atoms. The second-order valence-corrected chi connectivity index (χ2v) is 5.78. The molecule has 3 aromatic rings. The number of hydrazone groups is 1. The Morgan fingerprint density at radius 1 is 1.32 bits per heavy atom. The van der Waals surface area contributed by atoms with Gasteiger partial charge in [-0.3, -0.25) is 9.89 Å². The summed E-state index contributed by atoms with van der Waals surface area (Å²) in [6, 6.07) is 12.7. The van der Waals surface area contributed by atoms with Gasteiger partial charge in [-0.05, 0) is 35.2 Å². The van der Waals surface area contributed by atoms with Gasteiger partial charge in [0.2, 0.25) is 0 Å². The number of H-pyrrole nitrogens is 1. The topological polar surface area (TPSA) is 70.1 Å². The van der Waals surface area contributed by atoms with Crippen molar-refractivity contribution in [2.24, 2.45) is 5.10 Å². The molecule has 0 aliphatic carbocycles. The summed E-state index contributed by atoms with van der Waals surface area (Å²) in [5.41, 5.74) is 4.37. The maximum atomic E-state index is 11.9. The third-order valence-electron chi connectivity index (χ3n) is 2.85. The number of aromatic amines is 1. The highest BCUT2D eigenvalue weighted by Gasteiger charge is 2.10. The molecule has 1 aromatic carbocycles. The van der Waals surface area contributed by atoms with E-state index in [-0.39, 0.29) is 11.6 Å². The summed E-state index contributed by atoms with van der Waals surface area (Å²) in [4.78, 5) is 13.0. The van der Waals surface area contributed by atoms with Gasteiger partial charge in [-0.15, -0.1) is 11.3 Å². The highest BCUT2D eigenvalue weighted by molar-refractivity contribution is 7.13. The first-order chi connectivity index (χ1) is 10.7. The van der Waals surface area contributed by atoms with Gasteiger partial charge in [-0.1, -0.05) is 29.8 Å². The Morgan fingerprint density at radius 3 is 2.86 bits per heavy atom. The van der Waals surface area contributed by atoms with E-state index in [2.05, 4.69) is 20.7 Å². The van der Waals surface area contributed by atoms with Crippen LogP contribution in [0.4, 0.5) is 0 Å². The Kier molecular flexibility index (Phi) is 4.32. The molecule has 2 aromatic heterocycles. The Balaban J connectivity index is 1.63. The lowest BCUT2D eigenvalue weighted by Crippen LogP contribution is -2.17. The fourth-order valence-electron chi connectivity index (χ4n) is 1.77. The Hall–Kier alpha value is -2.44. The average molecular weight is 331 g/mol. The quantitative estimate of drug-likeness (QED) is 0.567. The normalized spacial score (nSPS) is 11.0. The number of hydrogen-bond acceptors (Lipinski definition) is 4. The van der Waals surface area contributed by atoms with Crippen LogP contribution in [0.15, 0.2) is 52.9 Å². The van der Waals surface area contributed by atoms with Gasteiger partial charge in [0.05, 0.1) is 16.8 Å². The second-order valence-electron chi connectivity index (χ2n) is 4.39. The predicted molar refractivity (Wildman–Crippen MR) is 88.4 cm³/mol. The minimum atomic E-state index is -0.371. The Morgan fingerprint density at radius 2 is 2.14 bits per heavy atom. The number of halogens is 1. The predicted octanol–water partition coefficient (Wildman–Crippen LogP) is 3.56. The molecule has 0 fully saturated rings. The highest BCUT2D eigenvalue weighted by atomic mass is 35.5. The molecule has 0 saturated heterocycles. The van der Waals surface area contributed by atoms with Crippen molar-refractivity contribution in [1.82, 2.24) is 15.6 Å². The molecule has 7 heteroatoms. The maximum Gasteiger partial charge on any atom is 0.291 e. The van der Waals surface area contributed by atoms with Gasteiger partial charge in [0.25, 0.3) is 5.91 Å². The lowest BCUT2D eigenvalue weighted by Gasteiger charge is -1.95. The summed E-state index contributed by atoms with van der Waals surface area (Å²) < 4.78 is 0. The molecule has 0 unspecified atom stereocenters. The van der Waals surface area contributed by atoms with E-state index in [4.69, 9.17) is 11.6 Å². The van der Waals surface area contributed by atoms with E-state index < -0.39 is 0 Å². The van der Waals surface area contributed by atoms with Crippen LogP contribution < -0.4 is 5.43 Å². The number of hydrogen-bond donors (Lipinski definition) is 2. The van der Waals surface area contributed by atoms with Crippen LogP contribution in [-0.4, -0.2) is 22.3 Å². The molecule has 2 heterocycles. The SMILES string of the molecule is O=C(N/N=C\c1ccc(Cl)cc1)c1cc(-c2cccs2)[nH]n1. The van der Waals surface area contributed by atoms with Crippen molar-refractivity contribution in [1.29, 1.82) is 0 Å². The van der Waals surface area contributed by atoms with Crippen molar-refractivity contribution in [3.05, 3.63) is 64.1 Å². The van der Waals surface area contributed by atoms with Gasteiger partial charge in [0, 0.05) is 5.02 Å². The number of benzene rings is 1. The number of amides is 1. The van der Waals surface area contributed by atoms with Crippen LogP contribution in [0, 0.1) is 0 Å². The molecule has 0 atom stereocenters. The highest BCUT2D eigenvalue weighted by Crippen LogP contribution is 2.22. The summed E-state index contributed by atoms with van der Waals surface area (Å²) in [5.74, 6) is -0.371. The zero-order valence-electron chi connectivity index (χ0n) is 11.3. The molecule has 22 heavy (non-hydrogen) atoms. The second kappa shape index (κ2) is 6.55. The monoisotopic (exact) mass is 330 g/mol.